The monoisotopic (exact) mass is 219 g/mol. The Labute approximate surface area is 87.0 Å². The summed E-state index contributed by atoms with van der Waals surface area (Å²) in [4.78, 5) is 21.4. The van der Waals surface area contributed by atoms with Crippen LogP contribution in [0.3, 0.4) is 0 Å². The molecule has 0 rings (SSSR count). The maximum Gasteiger partial charge on any atom is 0.331 e. The third kappa shape index (κ3) is 7.63. The van der Waals surface area contributed by atoms with Gasteiger partial charge in [0.2, 0.25) is 0 Å². The van der Waals surface area contributed by atoms with Crippen LogP contribution in [-0.2, 0) is 19.1 Å². The maximum atomic E-state index is 10.9. The minimum absolute atomic E-state index is 0.269. The Morgan fingerprint density at radius 3 is 2.57 bits per heavy atom. The molecule has 0 aliphatic rings. The van der Waals surface area contributed by atoms with Gasteiger partial charge in [0.25, 0.3) is 0 Å². The summed E-state index contributed by atoms with van der Waals surface area (Å²) in [5.74, 6) is -1.14. The highest BCUT2D eigenvalue weighted by molar-refractivity contribution is 7.96. The highest BCUT2D eigenvalue weighted by Gasteiger charge is 1.98. The summed E-state index contributed by atoms with van der Waals surface area (Å²) in [6.07, 6.45) is 3.92. The van der Waals surface area contributed by atoms with E-state index in [-0.39, 0.29) is 6.61 Å². The molecule has 0 fully saturated rings. The third-order valence-electron chi connectivity index (χ3n) is 1.15. The van der Waals surface area contributed by atoms with Gasteiger partial charge in [0.1, 0.15) is 6.61 Å². The lowest BCUT2D eigenvalue weighted by molar-refractivity contribution is -0.139. The quantitative estimate of drug-likeness (QED) is 0.296. The molecule has 0 aromatic heterocycles. The average Bonchev–Trinajstić information content (AvgIpc) is 2.21. The van der Waals surface area contributed by atoms with E-state index in [4.69, 9.17) is 4.74 Å². The van der Waals surface area contributed by atoms with E-state index in [2.05, 4.69) is 9.46 Å². The molecule has 6 heteroatoms. The van der Waals surface area contributed by atoms with E-state index in [1.807, 2.05) is 6.26 Å². The minimum Gasteiger partial charge on any atom is -0.466 e. The summed E-state index contributed by atoms with van der Waals surface area (Å²) in [5.41, 5.74) is 0. The highest BCUT2D eigenvalue weighted by Crippen LogP contribution is 1.85. The lowest BCUT2D eigenvalue weighted by atomic mass is 10.5. The van der Waals surface area contributed by atoms with Crippen molar-refractivity contribution in [2.24, 2.45) is 0 Å². The van der Waals surface area contributed by atoms with Crippen molar-refractivity contribution in [1.82, 2.24) is 4.72 Å². The molecule has 14 heavy (non-hydrogen) atoms. The summed E-state index contributed by atoms with van der Waals surface area (Å²) in [6.45, 7) is 0.837. The molecule has 5 nitrogen and oxygen atoms in total. The fraction of sp³-hybridized carbons (Fsp3) is 0.500. The number of rotatable bonds is 6. The second-order valence-electron chi connectivity index (χ2n) is 2.12. The Bertz CT molecular complexity index is 217. The standard InChI is InChI=1S/C8H13NO4S/c1-12-7(10)3-4-8(11)13-6-5-9-14-2/h3-4,9H,5-6H2,1-2H3. The Kier molecular flexibility index (Phi) is 7.96. The number of hydrogen-bond acceptors (Lipinski definition) is 6. The van der Waals surface area contributed by atoms with Crippen LogP contribution in [0.25, 0.3) is 0 Å². The molecular weight excluding hydrogens is 206 g/mol. The zero-order valence-corrected chi connectivity index (χ0v) is 8.93. The smallest absolute Gasteiger partial charge is 0.331 e. The average molecular weight is 219 g/mol. The van der Waals surface area contributed by atoms with Crippen LogP contribution < -0.4 is 4.72 Å². The molecule has 0 radical (unpaired) electrons. The van der Waals surface area contributed by atoms with Crippen LogP contribution in [-0.4, -0.2) is 38.5 Å². The topological polar surface area (TPSA) is 64.6 Å². The number of ether oxygens (including phenoxy) is 2. The Morgan fingerprint density at radius 2 is 2.00 bits per heavy atom. The number of carbonyl (C=O) groups excluding carboxylic acids is 2. The number of methoxy groups -OCH3 is 1. The molecule has 0 aromatic rings. The molecule has 0 heterocycles. The van der Waals surface area contributed by atoms with Crippen molar-refractivity contribution in [2.45, 2.75) is 0 Å². The van der Waals surface area contributed by atoms with Gasteiger partial charge in [0.05, 0.1) is 7.11 Å². The second kappa shape index (κ2) is 8.58. The Hall–Kier alpha value is -1.01. The number of nitrogens with one attached hydrogen (secondary N) is 1. The first-order valence-electron chi connectivity index (χ1n) is 3.89. The normalized spacial score (nSPS) is 10.1. The van der Waals surface area contributed by atoms with Crippen LogP contribution in [0.1, 0.15) is 0 Å². The van der Waals surface area contributed by atoms with Crippen LogP contribution in [0.5, 0.6) is 0 Å². The van der Waals surface area contributed by atoms with Crippen molar-refractivity contribution in [3.05, 3.63) is 12.2 Å². The van der Waals surface area contributed by atoms with E-state index in [9.17, 15) is 9.59 Å². The SMILES string of the molecule is COC(=O)C=CC(=O)OCCNSC. The first-order chi connectivity index (χ1) is 6.70. The van der Waals surface area contributed by atoms with Gasteiger partial charge >= 0.3 is 11.9 Å². The zero-order valence-electron chi connectivity index (χ0n) is 8.11. The largest absolute Gasteiger partial charge is 0.466 e. The van der Waals surface area contributed by atoms with Gasteiger partial charge in [0.15, 0.2) is 0 Å². The third-order valence-corrected chi connectivity index (χ3v) is 1.64. The fourth-order valence-corrected chi connectivity index (χ4v) is 0.835. The van der Waals surface area contributed by atoms with Gasteiger partial charge in [-0.15, -0.1) is 0 Å². The molecule has 0 spiro atoms. The lowest BCUT2D eigenvalue weighted by Crippen LogP contribution is -2.14. The van der Waals surface area contributed by atoms with E-state index in [1.54, 1.807) is 0 Å². The molecule has 0 amide bonds. The highest BCUT2D eigenvalue weighted by atomic mass is 32.2. The maximum absolute atomic E-state index is 10.9. The number of hydrogen-bond donors (Lipinski definition) is 1. The second-order valence-corrected chi connectivity index (χ2v) is 2.82. The molecule has 0 aromatic carbocycles. The molecule has 0 saturated heterocycles. The summed E-state index contributed by atoms with van der Waals surface area (Å²) in [5, 5.41) is 0. The van der Waals surface area contributed by atoms with Crippen LogP contribution in [0.15, 0.2) is 12.2 Å². The molecule has 0 saturated carbocycles. The van der Waals surface area contributed by atoms with Crippen molar-refractivity contribution in [2.75, 3.05) is 26.5 Å². The summed E-state index contributed by atoms with van der Waals surface area (Å²) in [6, 6.07) is 0. The van der Waals surface area contributed by atoms with Gasteiger partial charge in [-0.2, -0.15) is 0 Å². The van der Waals surface area contributed by atoms with E-state index in [1.165, 1.54) is 19.1 Å². The van der Waals surface area contributed by atoms with Crippen molar-refractivity contribution in [3.8, 4) is 0 Å². The first-order valence-corrected chi connectivity index (χ1v) is 5.11. The van der Waals surface area contributed by atoms with Crippen LogP contribution in [0, 0.1) is 0 Å². The van der Waals surface area contributed by atoms with Crippen LogP contribution in [0.2, 0.25) is 0 Å². The first kappa shape index (κ1) is 13.0. The van der Waals surface area contributed by atoms with Gasteiger partial charge in [-0.1, -0.05) is 11.9 Å². The molecule has 0 aliphatic heterocycles. The van der Waals surface area contributed by atoms with Gasteiger partial charge < -0.3 is 9.47 Å². The van der Waals surface area contributed by atoms with E-state index >= 15 is 0 Å². The predicted molar refractivity (Wildman–Crippen MR) is 53.6 cm³/mol. The molecule has 1 N–H and O–H groups in total. The van der Waals surface area contributed by atoms with Crippen molar-refractivity contribution in [1.29, 1.82) is 0 Å². The van der Waals surface area contributed by atoms with Gasteiger partial charge in [-0.3, -0.25) is 4.72 Å². The van der Waals surface area contributed by atoms with Crippen LogP contribution >= 0.6 is 11.9 Å². The fourth-order valence-electron chi connectivity index (χ4n) is 0.548. The number of esters is 2. The van der Waals surface area contributed by atoms with E-state index in [0.29, 0.717) is 6.54 Å². The molecule has 0 aliphatic carbocycles. The van der Waals surface area contributed by atoms with Crippen molar-refractivity contribution >= 4 is 23.9 Å². The molecule has 0 atom stereocenters. The molecule has 0 bridgehead atoms. The van der Waals surface area contributed by atoms with E-state index < -0.39 is 11.9 Å². The molecule has 0 unspecified atom stereocenters. The lowest BCUT2D eigenvalue weighted by Gasteiger charge is -2.00. The summed E-state index contributed by atoms with van der Waals surface area (Å²) < 4.78 is 11.9. The predicted octanol–water partition coefficient (Wildman–Crippen LogP) is 0.126. The Morgan fingerprint density at radius 1 is 1.36 bits per heavy atom. The minimum atomic E-state index is -0.579. The zero-order chi connectivity index (χ0) is 10.8. The van der Waals surface area contributed by atoms with Gasteiger partial charge in [-0.25, -0.2) is 9.59 Å². The van der Waals surface area contributed by atoms with Gasteiger partial charge in [-0.05, 0) is 6.26 Å². The van der Waals surface area contributed by atoms with E-state index in [0.717, 1.165) is 12.2 Å². The Balaban J connectivity index is 3.55. The van der Waals surface area contributed by atoms with Crippen LogP contribution in [0.4, 0.5) is 0 Å². The molecule has 80 valence electrons. The van der Waals surface area contributed by atoms with Crippen molar-refractivity contribution < 1.29 is 19.1 Å². The molecular formula is C8H13NO4S. The summed E-state index contributed by atoms with van der Waals surface area (Å²) >= 11 is 1.44. The van der Waals surface area contributed by atoms with Gasteiger partial charge in [0, 0.05) is 18.7 Å². The van der Waals surface area contributed by atoms with Crippen molar-refractivity contribution in [3.63, 3.8) is 0 Å². The number of carbonyl (C=O) groups is 2. The summed E-state index contributed by atoms with van der Waals surface area (Å²) in [7, 11) is 1.24.